The third-order valence-electron chi connectivity index (χ3n) is 2.43. The molecule has 1 amide bonds. The van der Waals surface area contributed by atoms with Gasteiger partial charge in [-0.2, -0.15) is 5.26 Å². The number of nitriles is 1. The van der Waals surface area contributed by atoms with Crippen LogP contribution in [0.5, 0.6) is 0 Å². The number of rotatable bonds is 6. The van der Waals surface area contributed by atoms with Gasteiger partial charge in [-0.15, -0.1) is 0 Å². The number of carbonyl (C=O) groups excluding carboxylic acids is 1. The van der Waals surface area contributed by atoms with Crippen LogP contribution in [0.4, 0.5) is 4.39 Å². The second-order valence-corrected chi connectivity index (χ2v) is 4.05. The van der Waals surface area contributed by atoms with Crippen molar-refractivity contribution in [2.24, 2.45) is 0 Å². The Hall–Kier alpha value is -1.93. The van der Waals surface area contributed by atoms with Crippen molar-refractivity contribution in [2.75, 3.05) is 13.1 Å². The summed E-state index contributed by atoms with van der Waals surface area (Å²) in [5, 5.41) is 13.8. The second kappa shape index (κ2) is 7.41. The molecular weight excluding hydrogens is 233 g/mol. The summed E-state index contributed by atoms with van der Waals surface area (Å²) in [6, 6.07) is 8.22. The topological polar surface area (TPSA) is 64.9 Å². The van der Waals surface area contributed by atoms with Crippen molar-refractivity contribution in [1.29, 1.82) is 5.26 Å². The maximum atomic E-state index is 12.7. The molecule has 96 valence electrons. The zero-order valence-electron chi connectivity index (χ0n) is 10.2. The molecule has 0 radical (unpaired) electrons. The Morgan fingerprint density at radius 2 is 2.11 bits per heavy atom. The Kier molecular flexibility index (Phi) is 5.81. The maximum absolute atomic E-state index is 12.7. The number of hydrogen-bond donors (Lipinski definition) is 2. The minimum Gasteiger partial charge on any atom is -0.342 e. The zero-order chi connectivity index (χ0) is 13.4. The molecule has 1 atom stereocenters. The molecule has 2 N–H and O–H groups in total. The molecule has 0 heterocycles. The summed E-state index contributed by atoms with van der Waals surface area (Å²) >= 11 is 0. The minimum atomic E-state index is -0.254. The third-order valence-corrected chi connectivity index (χ3v) is 2.43. The minimum absolute atomic E-state index is 0.0207. The van der Waals surface area contributed by atoms with Crippen LogP contribution in [-0.2, 0) is 11.2 Å². The summed E-state index contributed by atoms with van der Waals surface area (Å²) in [4.78, 5) is 11.2. The van der Waals surface area contributed by atoms with Crippen LogP contribution in [0.1, 0.15) is 12.5 Å². The van der Waals surface area contributed by atoms with Gasteiger partial charge in [0.2, 0.25) is 5.91 Å². The first-order valence-corrected chi connectivity index (χ1v) is 5.73. The van der Waals surface area contributed by atoms with E-state index in [0.717, 1.165) is 5.56 Å². The van der Waals surface area contributed by atoms with E-state index in [0.29, 0.717) is 6.42 Å². The zero-order valence-corrected chi connectivity index (χ0v) is 10.2. The summed E-state index contributed by atoms with van der Waals surface area (Å²) in [7, 11) is 0. The van der Waals surface area contributed by atoms with E-state index in [9.17, 15) is 9.18 Å². The number of nitrogens with one attached hydrogen (secondary N) is 2. The second-order valence-electron chi connectivity index (χ2n) is 4.05. The lowest BCUT2D eigenvalue weighted by Gasteiger charge is -2.13. The highest BCUT2D eigenvalue weighted by Gasteiger charge is 2.06. The first-order chi connectivity index (χ1) is 8.61. The van der Waals surface area contributed by atoms with E-state index >= 15 is 0 Å². The van der Waals surface area contributed by atoms with E-state index in [1.807, 2.05) is 13.0 Å². The van der Waals surface area contributed by atoms with Crippen LogP contribution in [0, 0.1) is 17.1 Å². The lowest BCUT2D eigenvalue weighted by molar-refractivity contribution is -0.120. The lowest BCUT2D eigenvalue weighted by Crippen LogP contribution is -2.38. The standard InChI is InChI=1S/C13H16FN3O/c1-10(17-9-13(18)16-7-6-15)8-11-2-4-12(14)5-3-11/h2-5,10,17H,7-9H2,1H3,(H,16,18). The molecule has 18 heavy (non-hydrogen) atoms. The average Bonchev–Trinajstić information content (AvgIpc) is 2.36. The Balaban J connectivity index is 2.29. The van der Waals surface area contributed by atoms with Crippen LogP contribution in [0.2, 0.25) is 0 Å². The van der Waals surface area contributed by atoms with E-state index in [-0.39, 0.29) is 30.9 Å². The van der Waals surface area contributed by atoms with Crippen molar-refractivity contribution in [3.05, 3.63) is 35.6 Å². The molecule has 0 bridgehead atoms. The average molecular weight is 249 g/mol. The Morgan fingerprint density at radius 1 is 1.44 bits per heavy atom. The quantitative estimate of drug-likeness (QED) is 0.739. The summed E-state index contributed by atoms with van der Waals surface area (Å²) in [5.74, 6) is -0.460. The molecule has 0 saturated heterocycles. The molecule has 0 spiro atoms. The molecule has 0 saturated carbocycles. The molecule has 0 fully saturated rings. The molecule has 0 aromatic heterocycles. The molecule has 0 aliphatic rings. The van der Waals surface area contributed by atoms with Gasteiger partial charge in [-0.25, -0.2) is 4.39 Å². The van der Waals surface area contributed by atoms with Crippen LogP contribution in [0.3, 0.4) is 0 Å². The molecule has 0 aliphatic heterocycles. The fraction of sp³-hybridized carbons (Fsp3) is 0.385. The number of amides is 1. The van der Waals surface area contributed by atoms with Crippen molar-refractivity contribution in [3.63, 3.8) is 0 Å². The third kappa shape index (κ3) is 5.41. The van der Waals surface area contributed by atoms with Gasteiger partial charge >= 0.3 is 0 Å². The van der Waals surface area contributed by atoms with Gasteiger partial charge in [0.05, 0.1) is 12.6 Å². The Bertz CT molecular complexity index is 425. The van der Waals surface area contributed by atoms with Crippen LogP contribution >= 0.6 is 0 Å². The molecule has 5 heteroatoms. The largest absolute Gasteiger partial charge is 0.342 e. The van der Waals surface area contributed by atoms with Gasteiger partial charge in [0, 0.05) is 6.04 Å². The van der Waals surface area contributed by atoms with Crippen molar-refractivity contribution in [2.45, 2.75) is 19.4 Å². The summed E-state index contributed by atoms with van der Waals surface area (Å²) in [6.07, 6.45) is 0.714. The van der Waals surface area contributed by atoms with Crippen molar-refractivity contribution < 1.29 is 9.18 Å². The Labute approximate surface area is 106 Å². The number of carbonyl (C=O) groups is 1. The van der Waals surface area contributed by atoms with Gasteiger partial charge in [-0.3, -0.25) is 4.79 Å². The summed E-state index contributed by atoms with van der Waals surface area (Å²) in [6.45, 7) is 2.14. The van der Waals surface area contributed by atoms with Gasteiger partial charge in [0.25, 0.3) is 0 Å². The first-order valence-electron chi connectivity index (χ1n) is 5.73. The number of halogens is 1. The maximum Gasteiger partial charge on any atom is 0.234 e. The SMILES string of the molecule is CC(Cc1ccc(F)cc1)NCC(=O)NCC#N. The van der Waals surface area contributed by atoms with Crippen LogP contribution < -0.4 is 10.6 Å². The molecule has 1 aromatic rings. The van der Waals surface area contributed by atoms with Crippen LogP contribution in [0.15, 0.2) is 24.3 Å². The van der Waals surface area contributed by atoms with Gasteiger partial charge in [-0.1, -0.05) is 12.1 Å². The molecule has 1 unspecified atom stereocenters. The molecule has 4 nitrogen and oxygen atoms in total. The van der Waals surface area contributed by atoms with E-state index in [2.05, 4.69) is 10.6 Å². The van der Waals surface area contributed by atoms with Crippen LogP contribution in [-0.4, -0.2) is 25.0 Å². The highest BCUT2D eigenvalue weighted by molar-refractivity contribution is 5.78. The fourth-order valence-corrected chi connectivity index (χ4v) is 1.51. The van der Waals surface area contributed by atoms with Gasteiger partial charge in [-0.05, 0) is 31.0 Å². The lowest BCUT2D eigenvalue weighted by atomic mass is 10.1. The predicted molar refractivity (Wildman–Crippen MR) is 66.2 cm³/mol. The van der Waals surface area contributed by atoms with E-state index in [1.165, 1.54) is 12.1 Å². The normalized spacial score (nSPS) is 11.6. The van der Waals surface area contributed by atoms with Gasteiger partial charge < -0.3 is 10.6 Å². The van der Waals surface area contributed by atoms with E-state index in [4.69, 9.17) is 5.26 Å². The number of benzene rings is 1. The molecular formula is C13H16FN3O. The first kappa shape index (κ1) is 14.1. The van der Waals surface area contributed by atoms with E-state index < -0.39 is 0 Å². The number of nitrogens with zero attached hydrogens (tertiary/aromatic N) is 1. The van der Waals surface area contributed by atoms with Gasteiger partial charge in [0.1, 0.15) is 12.4 Å². The summed E-state index contributed by atoms with van der Waals surface area (Å²) in [5.41, 5.74) is 1.01. The molecule has 1 rings (SSSR count). The molecule has 1 aromatic carbocycles. The number of hydrogen-bond acceptors (Lipinski definition) is 3. The van der Waals surface area contributed by atoms with Crippen LogP contribution in [0.25, 0.3) is 0 Å². The fourth-order valence-electron chi connectivity index (χ4n) is 1.51. The predicted octanol–water partition coefficient (Wildman–Crippen LogP) is 0.986. The highest BCUT2D eigenvalue weighted by Crippen LogP contribution is 2.05. The Morgan fingerprint density at radius 3 is 2.72 bits per heavy atom. The summed E-state index contributed by atoms with van der Waals surface area (Å²) < 4.78 is 12.7. The van der Waals surface area contributed by atoms with E-state index in [1.54, 1.807) is 12.1 Å². The van der Waals surface area contributed by atoms with Gasteiger partial charge in [0.15, 0.2) is 0 Å². The monoisotopic (exact) mass is 249 g/mol. The van der Waals surface area contributed by atoms with Crippen molar-refractivity contribution >= 4 is 5.91 Å². The van der Waals surface area contributed by atoms with Crippen molar-refractivity contribution in [1.82, 2.24) is 10.6 Å². The highest BCUT2D eigenvalue weighted by atomic mass is 19.1. The van der Waals surface area contributed by atoms with Crippen molar-refractivity contribution in [3.8, 4) is 6.07 Å². The smallest absolute Gasteiger partial charge is 0.234 e. The molecule has 0 aliphatic carbocycles.